The third-order valence-electron chi connectivity index (χ3n) is 5.46. The second kappa shape index (κ2) is 15.5. The van der Waals surface area contributed by atoms with E-state index in [0.29, 0.717) is 19.4 Å². The van der Waals surface area contributed by atoms with Crippen LogP contribution in [0.4, 0.5) is 0 Å². The first-order valence-corrected chi connectivity index (χ1v) is 11.8. The summed E-state index contributed by atoms with van der Waals surface area (Å²) in [7, 11) is 0. The summed E-state index contributed by atoms with van der Waals surface area (Å²) in [5.74, 6) is -5.41. The molecule has 1 aromatic rings. The monoisotopic (exact) mass is 507 g/mol. The number of nitrogens with two attached hydrogens (primary N) is 2. The largest absolute Gasteiger partial charge is 0.481 e. The Balaban J connectivity index is 2.93. The van der Waals surface area contributed by atoms with E-state index < -0.39 is 66.2 Å². The van der Waals surface area contributed by atoms with Crippen LogP contribution in [-0.2, 0) is 30.4 Å². The van der Waals surface area contributed by atoms with E-state index in [1.165, 1.54) is 0 Å². The summed E-state index contributed by atoms with van der Waals surface area (Å²) in [5, 5.41) is 25.5. The molecule has 4 atom stereocenters. The van der Waals surface area contributed by atoms with Crippen molar-refractivity contribution in [2.24, 2.45) is 17.4 Å². The Kier molecular flexibility index (Phi) is 13.1. The minimum Gasteiger partial charge on any atom is -0.481 e. The minimum atomic E-state index is -1.66. The van der Waals surface area contributed by atoms with Crippen LogP contribution in [0.3, 0.4) is 0 Å². The van der Waals surface area contributed by atoms with Crippen molar-refractivity contribution in [3.8, 4) is 0 Å². The first kappa shape index (κ1) is 30.5. The van der Waals surface area contributed by atoms with Crippen LogP contribution in [0, 0.1) is 5.92 Å². The van der Waals surface area contributed by atoms with Crippen LogP contribution in [0.15, 0.2) is 30.3 Å². The maximum absolute atomic E-state index is 13.1. The van der Waals surface area contributed by atoms with Gasteiger partial charge in [0.15, 0.2) is 0 Å². The molecule has 1 rings (SSSR count). The highest BCUT2D eigenvalue weighted by Crippen LogP contribution is 2.08. The van der Waals surface area contributed by atoms with Crippen molar-refractivity contribution in [1.82, 2.24) is 16.0 Å². The molecule has 0 saturated heterocycles. The standard InChI is InChI=1S/C24H37N5O7/c1-14(2)20(23(34)28-18(24(35)36)13-19(30)31)29-22(33)17(10-6-7-11-25)27-21(32)16(26)12-15-8-4-3-5-9-15/h3-5,8-9,14,16-18,20H,6-7,10-13,25-26H2,1-2H3,(H,27,32)(H,28,34)(H,29,33)(H,30,31)(H,35,36). The average Bonchev–Trinajstić information content (AvgIpc) is 2.81. The van der Waals surface area contributed by atoms with Gasteiger partial charge in [-0.05, 0) is 43.7 Å². The van der Waals surface area contributed by atoms with Gasteiger partial charge >= 0.3 is 11.9 Å². The fraction of sp³-hybridized carbons (Fsp3) is 0.542. The molecule has 0 aromatic heterocycles. The zero-order chi connectivity index (χ0) is 27.3. The predicted octanol–water partition coefficient (Wildman–Crippen LogP) is -0.645. The fourth-order valence-electron chi connectivity index (χ4n) is 3.43. The number of unbranched alkanes of at least 4 members (excludes halogenated alkanes) is 1. The Bertz CT molecular complexity index is 894. The number of carbonyl (C=O) groups is 5. The quantitative estimate of drug-likeness (QED) is 0.141. The molecule has 0 bridgehead atoms. The maximum Gasteiger partial charge on any atom is 0.326 e. The number of hydrogen-bond acceptors (Lipinski definition) is 7. The zero-order valence-corrected chi connectivity index (χ0v) is 20.6. The number of aliphatic carboxylic acids is 2. The van der Waals surface area contributed by atoms with Crippen LogP contribution >= 0.6 is 0 Å². The van der Waals surface area contributed by atoms with Gasteiger partial charge in [-0.2, -0.15) is 0 Å². The molecule has 36 heavy (non-hydrogen) atoms. The van der Waals surface area contributed by atoms with Gasteiger partial charge in [0.25, 0.3) is 0 Å². The van der Waals surface area contributed by atoms with Crippen LogP contribution in [0.5, 0.6) is 0 Å². The van der Waals surface area contributed by atoms with Gasteiger partial charge < -0.3 is 37.6 Å². The summed E-state index contributed by atoms with van der Waals surface area (Å²) in [6.07, 6.45) is 0.828. The second-order valence-corrected chi connectivity index (χ2v) is 8.87. The van der Waals surface area contributed by atoms with Gasteiger partial charge in [-0.1, -0.05) is 44.2 Å². The molecule has 0 radical (unpaired) electrons. The Morgan fingerprint density at radius 2 is 1.47 bits per heavy atom. The predicted molar refractivity (Wildman–Crippen MR) is 132 cm³/mol. The van der Waals surface area contributed by atoms with Gasteiger partial charge in [-0.3, -0.25) is 19.2 Å². The van der Waals surface area contributed by atoms with Gasteiger partial charge in [0.05, 0.1) is 12.5 Å². The molecule has 12 nitrogen and oxygen atoms in total. The summed E-state index contributed by atoms with van der Waals surface area (Å²) in [5.41, 5.74) is 12.4. The molecule has 200 valence electrons. The topological polar surface area (TPSA) is 214 Å². The number of benzene rings is 1. The van der Waals surface area contributed by atoms with Crippen molar-refractivity contribution in [3.63, 3.8) is 0 Å². The normalized spacial score (nSPS) is 14.2. The minimum absolute atomic E-state index is 0.246. The lowest BCUT2D eigenvalue weighted by atomic mass is 10.0. The summed E-state index contributed by atoms with van der Waals surface area (Å²) in [6, 6.07) is 4.41. The van der Waals surface area contributed by atoms with Gasteiger partial charge in [-0.15, -0.1) is 0 Å². The third kappa shape index (κ3) is 10.8. The van der Waals surface area contributed by atoms with Gasteiger partial charge in [-0.25, -0.2) is 4.79 Å². The van der Waals surface area contributed by atoms with Crippen molar-refractivity contribution >= 4 is 29.7 Å². The molecule has 0 aliphatic carbocycles. The Morgan fingerprint density at radius 1 is 0.861 bits per heavy atom. The molecule has 0 saturated carbocycles. The molecule has 0 heterocycles. The number of carboxylic acid groups (broad SMARTS) is 2. The number of amides is 3. The van der Waals surface area contributed by atoms with Crippen LogP contribution in [-0.4, -0.2) is 70.6 Å². The number of nitrogens with one attached hydrogen (secondary N) is 3. The van der Waals surface area contributed by atoms with E-state index in [9.17, 15) is 29.1 Å². The van der Waals surface area contributed by atoms with Crippen molar-refractivity contribution in [3.05, 3.63) is 35.9 Å². The molecular formula is C24H37N5O7. The molecule has 9 N–H and O–H groups in total. The molecule has 0 fully saturated rings. The summed E-state index contributed by atoms with van der Waals surface area (Å²) in [4.78, 5) is 60.8. The highest BCUT2D eigenvalue weighted by atomic mass is 16.4. The molecule has 12 heteroatoms. The van der Waals surface area contributed by atoms with Crippen LogP contribution in [0.2, 0.25) is 0 Å². The first-order chi connectivity index (χ1) is 17.0. The molecule has 3 amide bonds. The van der Waals surface area contributed by atoms with Crippen LogP contribution in [0.25, 0.3) is 0 Å². The van der Waals surface area contributed by atoms with E-state index in [-0.39, 0.29) is 12.8 Å². The Morgan fingerprint density at radius 3 is 2.00 bits per heavy atom. The molecule has 0 spiro atoms. The number of carboxylic acids is 2. The van der Waals surface area contributed by atoms with Crippen molar-refractivity contribution in [2.45, 2.75) is 70.1 Å². The number of rotatable bonds is 16. The Hall–Kier alpha value is -3.51. The highest BCUT2D eigenvalue weighted by molar-refractivity contribution is 5.94. The van der Waals surface area contributed by atoms with Gasteiger partial charge in [0.2, 0.25) is 17.7 Å². The Labute approximate surface area is 210 Å². The van der Waals surface area contributed by atoms with E-state index in [1.54, 1.807) is 13.8 Å². The SMILES string of the molecule is CC(C)C(NC(=O)C(CCCCN)NC(=O)C(N)Cc1ccccc1)C(=O)NC(CC(=O)O)C(=O)O. The van der Waals surface area contributed by atoms with Gasteiger partial charge in [0.1, 0.15) is 18.1 Å². The fourth-order valence-corrected chi connectivity index (χ4v) is 3.43. The number of hydrogen-bond donors (Lipinski definition) is 7. The van der Waals surface area contributed by atoms with Crippen molar-refractivity contribution in [2.75, 3.05) is 6.54 Å². The third-order valence-corrected chi connectivity index (χ3v) is 5.46. The molecule has 0 aliphatic heterocycles. The molecule has 4 unspecified atom stereocenters. The van der Waals surface area contributed by atoms with E-state index in [0.717, 1.165) is 5.56 Å². The van der Waals surface area contributed by atoms with E-state index in [2.05, 4.69) is 16.0 Å². The van der Waals surface area contributed by atoms with Crippen molar-refractivity contribution < 1.29 is 34.2 Å². The highest BCUT2D eigenvalue weighted by Gasteiger charge is 2.32. The van der Waals surface area contributed by atoms with E-state index >= 15 is 0 Å². The molecule has 0 aliphatic rings. The average molecular weight is 508 g/mol. The lowest BCUT2D eigenvalue weighted by molar-refractivity contribution is -0.147. The van der Waals surface area contributed by atoms with E-state index in [1.807, 2.05) is 30.3 Å². The zero-order valence-electron chi connectivity index (χ0n) is 20.6. The number of carbonyl (C=O) groups excluding carboxylic acids is 3. The second-order valence-electron chi connectivity index (χ2n) is 8.87. The lowest BCUT2D eigenvalue weighted by Gasteiger charge is -2.27. The smallest absolute Gasteiger partial charge is 0.326 e. The van der Waals surface area contributed by atoms with Gasteiger partial charge in [0, 0.05) is 0 Å². The summed E-state index contributed by atoms with van der Waals surface area (Å²) in [6.45, 7) is 3.66. The summed E-state index contributed by atoms with van der Waals surface area (Å²) >= 11 is 0. The molecule has 1 aromatic carbocycles. The van der Waals surface area contributed by atoms with E-state index in [4.69, 9.17) is 16.6 Å². The van der Waals surface area contributed by atoms with Crippen LogP contribution in [0.1, 0.15) is 45.1 Å². The maximum atomic E-state index is 13.1. The van der Waals surface area contributed by atoms with Crippen LogP contribution < -0.4 is 27.4 Å². The van der Waals surface area contributed by atoms with Crippen molar-refractivity contribution in [1.29, 1.82) is 0 Å². The first-order valence-electron chi connectivity index (χ1n) is 11.8. The summed E-state index contributed by atoms with van der Waals surface area (Å²) < 4.78 is 0. The lowest BCUT2D eigenvalue weighted by Crippen LogP contribution is -2.58. The molecular weight excluding hydrogens is 470 g/mol.